The van der Waals surface area contributed by atoms with Gasteiger partial charge in [0, 0.05) is 31.9 Å². The number of nitrogens with zero attached hydrogens (tertiary/aromatic N) is 2. The predicted octanol–water partition coefficient (Wildman–Crippen LogP) is 0.659. The van der Waals surface area contributed by atoms with E-state index >= 15 is 0 Å². The lowest BCUT2D eigenvalue weighted by Gasteiger charge is -2.28. The zero-order valence-electron chi connectivity index (χ0n) is 10.9. The van der Waals surface area contributed by atoms with E-state index in [2.05, 4.69) is 10.3 Å². The van der Waals surface area contributed by atoms with Crippen LogP contribution in [0, 0.1) is 0 Å². The molecule has 2 rings (SSSR count). The van der Waals surface area contributed by atoms with Gasteiger partial charge in [0.25, 0.3) is 0 Å². The van der Waals surface area contributed by atoms with Crippen LogP contribution in [0.15, 0.2) is 23.2 Å². The lowest BCUT2D eigenvalue weighted by Crippen LogP contribution is -2.40. The van der Waals surface area contributed by atoms with Gasteiger partial charge in [0.2, 0.25) is 10.0 Å². The van der Waals surface area contributed by atoms with Crippen molar-refractivity contribution in [2.75, 3.05) is 25.0 Å². The van der Waals surface area contributed by atoms with Crippen LogP contribution in [-0.2, 0) is 10.0 Å². The zero-order valence-corrected chi connectivity index (χ0v) is 11.7. The van der Waals surface area contributed by atoms with E-state index in [9.17, 15) is 13.5 Å². The van der Waals surface area contributed by atoms with Crippen molar-refractivity contribution in [3.8, 4) is 0 Å². The molecule has 0 aromatic carbocycles. The van der Waals surface area contributed by atoms with Crippen LogP contribution < -0.4 is 5.32 Å². The molecule has 0 bridgehead atoms. The molecule has 0 radical (unpaired) electrons. The Hall–Kier alpha value is -1.18. The molecule has 6 nitrogen and oxygen atoms in total. The second kappa shape index (κ2) is 5.85. The fraction of sp³-hybridized carbons (Fsp3) is 0.583. The number of aromatic nitrogens is 1. The number of hydrogen-bond donors (Lipinski definition) is 2. The van der Waals surface area contributed by atoms with Crippen LogP contribution in [0.4, 0.5) is 5.82 Å². The van der Waals surface area contributed by atoms with Crippen molar-refractivity contribution in [2.24, 2.45) is 0 Å². The number of hydrogen-bond acceptors (Lipinski definition) is 5. The van der Waals surface area contributed by atoms with Gasteiger partial charge in [-0.15, -0.1) is 0 Å². The Balaban J connectivity index is 2.21. The van der Waals surface area contributed by atoms with Crippen molar-refractivity contribution in [3.63, 3.8) is 0 Å². The Morgan fingerprint density at radius 2 is 2.16 bits per heavy atom. The molecule has 0 spiro atoms. The monoisotopic (exact) mass is 285 g/mol. The highest BCUT2D eigenvalue weighted by Crippen LogP contribution is 2.21. The molecule has 1 aliphatic rings. The average molecular weight is 285 g/mol. The smallest absolute Gasteiger partial charge is 0.243 e. The molecular weight excluding hydrogens is 266 g/mol. The van der Waals surface area contributed by atoms with Crippen LogP contribution in [0.1, 0.15) is 19.8 Å². The highest BCUT2D eigenvalue weighted by Gasteiger charge is 2.28. The molecule has 0 atom stereocenters. The van der Waals surface area contributed by atoms with E-state index in [0.717, 1.165) is 0 Å². The van der Waals surface area contributed by atoms with E-state index in [4.69, 9.17) is 0 Å². The van der Waals surface area contributed by atoms with Gasteiger partial charge in [0.05, 0.1) is 11.0 Å². The zero-order chi connectivity index (χ0) is 13.9. The number of aliphatic hydroxyl groups excluding tert-OH is 1. The van der Waals surface area contributed by atoms with Gasteiger partial charge in [-0.05, 0) is 25.8 Å². The number of sulfonamides is 1. The van der Waals surface area contributed by atoms with E-state index in [0.29, 0.717) is 38.3 Å². The maximum Gasteiger partial charge on any atom is 0.243 e. The summed E-state index contributed by atoms with van der Waals surface area (Å²) >= 11 is 0. The first-order chi connectivity index (χ1) is 9.04. The van der Waals surface area contributed by atoms with Crippen molar-refractivity contribution < 1.29 is 13.5 Å². The number of piperidine rings is 1. The van der Waals surface area contributed by atoms with Gasteiger partial charge >= 0.3 is 0 Å². The van der Waals surface area contributed by atoms with Crippen LogP contribution in [0.5, 0.6) is 0 Å². The van der Waals surface area contributed by atoms with Gasteiger partial charge in [0.1, 0.15) is 5.82 Å². The first-order valence-electron chi connectivity index (χ1n) is 6.42. The predicted molar refractivity (Wildman–Crippen MR) is 72.4 cm³/mol. The SMILES string of the molecule is CCNc1cc(S(=O)(=O)N2CCC(O)CC2)ccn1. The maximum absolute atomic E-state index is 12.4. The van der Waals surface area contributed by atoms with Crippen molar-refractivity contribution in [1.29, 1.82) is 0 Å². The van der Waals surface area contributed by atoms with Gasteiger partial charge in [-0.1, -0.05) is 0 Å². The van der Waals surface area contributed by atoms with Crippen molar-refractivity contribution >= 4 is 15.8 Å². The number of pyridine rings is 1. The molecule has 0 amide bonds. The highest BCUT2D eigenvalue weighted by atomic mass is 32.2. The number of nitrogens with one attached hydrogen (secondary N) is 1. The van der Waals surface area contributed by atoms with E-state index in [1.165, 1.54) is 16.6 Å². The molecule has 1 aromatic heterocycles. The second-order valence-electron chi connectivity index (χ2n) is 4.54. The molecule has 19 heavy (non-hydrogen) atoms. The molecule has 106 valence electrons. The molecule has 2 heterocycles. The second-order valence-corrected chi connectivity index (χ2v) is 6.48. The van der Waals surface area contributed by atoms with Crippen LogP contribution in [0.2, 0.25) is 0 Å². The van der Waals surface area contributed by atoms with Gasteiger partial charge in [-0.2, -0.15) is 4.31 Å². The molecule has 1 aliphatic heterocycles. The molecule has 7 heteroatoms. The van der Waals surface area contributed by atoms with Crippen molar-refractivity contribution in [2.45, 2.75) is 30.8 Å². The minimum Gasteiger partial charge on any atom is -0.393 e. The standard InChI is InChI=1S/C12H19N3O3S/c1-2-13-12-9-11(3-6-14-12)19(17,18)15-7-4-10(16)5-8-15/h3,6,9-10,16H,2,4-5,7-8H2,1H3,(H,13,14). The lowest BCUT2D eigenvalue weighted by molar-refractivity contribution is 0.113. The van der Waals surface area contributed by atoms with Gasteiger partial charge < -0.3 is 10.4 Å². The summed E-state index contributed by atoms with van der Waals surface area (Å²) in [6.45, 7) is 3.34. The first kappa shape index (κ1) is 14.2. The lowest BCUT2D eigenvalue weighted by atomic mass is 10.1. The fourth-order valence-corrected chi connectivity index (χ4v) is 3.56. The molecule has 1 aromatic rings. The number of anilines is 1. The third-order valence-corrected chi connectivity index (χ3v) is 5.05. The Kier molecular flexibility index (Phi) is 4.38. The fourth-order valence-electron chi connectivity index (χ4n) is 2.08. The maximum atomic E-state index is 12.4. The third-order valence-electron chi connectivity index (χ3n) is 3.15. The minimum absolute atomic E-state index is 0.245. The highest BCUT2D eigenvalue weighted by molar-refractivity contribution is 7.89. The van der Waals surface area contributed by atoms with Gasteiger partial charge in [-0.3, -0.25) is 0 Å². The Morgan fingerprint density at radius 3 is 2.79 bits per heavy atom. The molecular formula is C12H19N3O3S. The molecule has 0 aliphatic carbocycles. The van der Waals surface area contributed by atoms with Gasteiger partial charge in [-0.25, -0.2) is 13.4 Å². The molecule has 1 fully saturated rings. The van der Waals surface area contributed by atoms with Crippen LogP contribution >= 0.6 is 0 Å². The van der Waals surface area contributed by atoms with Crippen molar-refractivity contribution in [3.05, 3.63) is 18.3 Å². The van der Waals surface area contributed by atoms with Gasteiger partial charge in [0.15, 0.2) is 0 Å². The summed E-state index contributed by atoms with van der Waals surface area (Å²) < 4.78 is 26.3. The van der Waals surface area contributed by atoms with E-state index in [1.807, 2.05) is 6.92 Å². The first-order valence-corrected chi connectivity index (χ1v) is 7.86. The summed E-state index contributed by atoms with van der Waals surface area (Å²) in [6.07, 6.45) is 2.08. The molecule has 0 saturated carbocycles. The van der Waals surface area contributed by atoms with E-state index in [1.54, 1.807) is 6.07 Å². The summed E-state index contributed by atoms with van der Waals surface area (Å²) in [5.41, 5.74) is 0. The summed E-state index contributed by atoms with van der Waals surface area (Å²) in [7, 11) is -3.48. The summed E-state index contributed by atoms with van der Waals surface area (Å²) in [6, 6.07) is 3.05. The quantitative estimate of drug-likeness (QED) is 0.849. The summed E-state index contributed by atoms with van der Waals surface area (Å²) in [5.74, 6) is 0.556. The third kappa shape index (κ3) is 3.23. The Labute approximate surface area is 113 Å². The molecule has 0 unspecified atom stereocenters. The minimum atomic E-state index is -3.48. The Morgan fingerprint density at radius 1 is 1.47 bits per heavy atom. The summed E-state index contributed by atoms with van der Waals surface area (Å²) in [4.78, 5) is 4.31. The Bertz CT molecular complexity index is 525. The summed E-state index contributed by atoms with van der Waals surface area (Å²) in [5, 5.41) is 12.4. The normalized spacial score (nSPS) is 18.4. The number of rotatable bonds is 4. The largest absolute Gasteiger partial charge is 0.393 e. The number of aliphatic hydroxyl groups is 1. The van der Waals surface area contributed by atoms with Crippen molar-refractivity contribution in [1.82, 2.24) is 9.29 Å². The van der Waals surface area contributed by atoms with Crippen LogP contribution in [-0.4, -0.2) is 48.6 Å². The van der Waals surface area contributed by atoms with Crippen LogP contribution in [0.25, 0.3) is 0 Å². The molecule has 1 saturated heterocycles. The van der Waals surface area contributed by atoms with E-state index in [-0.39, 0.29) is 11.0 Å². The average Bonchev–Trinajstić information content (AvgIpc) is 2.40. The molecule has 2 N–H and O–H groups in total. The van der Waals surface area contributed by atoms with Crippen LogP contribution in [0.3, 0.4) is 0 Å². The van der Waals surface area contributed by atoms with E-state index < -0.39 is 10.0 Å². The topological polar surface area (TPSA) is 82.5 Å².